The van der Waals surface area contributed by atoms with Crippen molar-refractivity contribution in [1.82, 2.24) is 0 Å². The van der Waals surface area contributed by atoms with E-state index in [9.17, 15) is 0 Å². The van der Waals surface area contributed by atoms with E-state index in [2.05, 4.69) is 50.5 Å². The van der Waals surface area contributed by atoms with Crippen LogP contribution < -0.4 is 0 Å². The molecular formula is C9H12S8. The lowest BCUT2D eigenvalue weighted by Gasteiger charge is -2.35. The van der Waals surface area contributed by atoms with Crippen LogP contribution in [0.3, 0.4) is 0 Å². The maximum atomic E-state index is 5.38. The molecule has 0 bridgehead atoms. The predicted molar refractivity (Wildman–Crippen MR) is 108 cm³/mol. The molecule has 0 aromatic heterocycles. The Hall–Kier alpha value is 1.76. The summed E-state index contributed by atoms with van der Waals surface area (Å²) in [5.41, 5.74) is -0.845. The molecule has 0 unspecified atom stereocenters. The molecule has 0 spiro atoms. The van der Waals surface area contributed by atoms with Gasteiger partial charge in [-0.05, 0) is 0 Å². The molecule has 0 heterocycles. The molecule has 0 fully saturated rings. The van der Waals surface area contributed by atoms with Gasteiger partial charge in [-0.3, -0.25) is 0 Å². The van der Waals surface area contributed by atoms with Gasteiger partial charge in [0.2, 0.25) is 0 Å². The molecular weight excluding hydrogens is 365 g/mol. The highest BCUT2D eigenvalue weighted by Crippen LogP contribution is 2.31. The number of hydrogen-bond acceptors (Lipinski definition) is 8. The van der Waals surface area contributed by atoms with Gasteiger partial charge < -0.3 is 0 Å². The first-order valence-electron chi connectivity index (χ1n) is 4.50. The molecule has 0 N–H and O–H groups in total. The van der Waals surface area contributed by atoms with E-state index < -0.39 is 5.41 Å². The van der Waals surface area contributed by atoms with Crippen LogP contribution in [0.4, 0.5) is 0 Å². The standard InChI is InChI=1S/C9H12S8/c10-1-5(14)9(6(15)2-11,7(16)3-12)8(17)4-13/h10-13H,1-4H2. The van der Waals surface area contributed by atoms with Gasteiger partial charge in [0.1, 0.15) is 0 Å². The second kappa shape index (κ2) is 8.84. The van der Waals surface area contributed by atoms with Gasteiger partial charge in [-0.1, -0.05) is 48.9 Å². The van der Waals surface area contributed by atoms with Crippen molar-refractivity contribution in [3.63, 3.8) is 0 Å². The zero-order valence-corrected chi connectivity index (χ0v) is 15.6. The summed E-state index contributed by atoms with van der Waals surface area (Å²) in [4.78, 5) is 2.44. The summed E-state index contributed by atoms with van der Waals surface area (Å²) < 4.78 is 0. The van der Waals surface area contributed by atoms with Gasteiger partial charge >= 0.3 is 0 Å². The van der Waals surface area contributed by atoms with Crippen molar-refractivity contribution in [1.29, 1.82) is 0 Å². The van der Waals surface area contributed by atoms with Crippen molar-refractivity contribution in [2.24, 2.45) is 5.41 Å². The highest BCUT2D eigenvalue weighted by Gasteiger charge is 2.44. The average Bonchev–Trinajstić information content (AvgIpc) is 2.37. The Morgan fingerprint density at radius 2 is 0.765 bits per heavy atom. The van der Waals surface area contributed by atoms with E-state index in [-0.39, 0.29) is 0 Å². The molecule has 0 rings (SSSR count). The van der Waals surface area contributed by atoms with E-state index in [0.29, 0.717) is 42.5 Å². The number of rotatable bonds is 8. The lowest BCUT2D eigenvalue weighted by atomic mass is 9.76. The van der Waals surface area contributed by atoms with Crippen LogP contribution >= 0.6 is 99.4 Å². The van der Waals surface area contributed by atoms with Crippen molar-refractivity contribution in [2.45, 2.75) is 0 Å². The SMILES string of the molecule is S=C(CS)C(C(=S)CS)(C(=S)CS)C(=S)CS. The smallest absolute Gasteiger partial charge is 0.0984 e. The van der Waals surface area contributed by atoms with Crippen LogP contribution in [0.15, 0.2) is 0 Å². The summed E-state index contributed by atoms with van der Waals surface area (Å²) in [5, 5.41) is 0. The fourth-order valence-electron chi connectivity index (χ4n) is 1.41. The maximum Gasteiger partial charge on any atom is 0.0984 e. The van der Waals surface area contributed by atoms with E-state index in [1.165, 1.54) is 0 Å². The fourth-order valence-corrected chi connectivity index (χ4v) is 4.22. The molecule has 17 heavy (non-hydrogen) atoms. The predicted octanol–water partition coefficient (Wildman–Crippen LogP) is 3.17. The highest BCUT2D eigenvalue weighted by atomic mass is 32.1. The van der Waals surface area contributed by atoms with Crippen molar-refractivity contribution < 1.29 is 0 Å². The minimum absolute atomic E-state index is 0.380. The van der Waals surface area contributed by atoms with Crippen molar-refractivity contribution in [3.8, 4) is 0 Å². The van der Waals surface area contributed by atoms with Gasteiger partial charge in [0.05, 0.1) is 5.41 Å². The molecule has 0 aromatic carbocycles. The molecule has 0 nitrogen and oxygen atoms in total. The van der Waals surface area contributed by atoms with Gasteiger partial charge in [0, 0.05) is 42.5 Å². The Kier molecular flexibility index (Phi) is 9.75. The summed E-state index contributed by atoms with van der Waals surface area (Å²) in [6.07, 6.45) is 0. The Bertz CT molecular complexity index is 275. The summed E-state index contributed by atoms with van der Waals surface area (Å²) in [6.45, 7) is 0. The van der Waals surface area contributed by atoms with Crippen molar-refractivity contribution in [2.75, 3.05) is 23.0 Å². The number of thiol groups is 4. The molecule has 0 aliphatic carbocycles. The zero-order chi connectivity index (χ0) is 13.6. The number of thiocarbonyl (C=S) groups is 4. The lowest BCUT2D eigenvalue weighted by molar-refractivity contribution is 1.14. The summed E-state index contributed by atoms with van der Waals surface area (Å²) >= 11 is 38.4. The number of hydrogen-bond donors (Lipinski definition) is 4. The molecule has 0 aromatic rings. The largest absolute Gasteiger partial charge is 0.174 e. The summed E-state index contributed by atoms with van der Waals surface area (Å²) in [7, 11) is 0. The van der Waals surface area contributed by atoms with Crippen LogP contribution in [-0.4, -0.2) is 42.5 Å². The molecule has 0 atom stereocenters. The molecule has 96 valence electrons. The lowest BCUT2D eigenvalue weighted by Crippen LogP contribution is -2.52. The third kappa shape index (κ3) is 3.87. The summed E-state index contributed by atoms with van der Waals surface area (Å²) in [5.74, 6) is 1.52. The van der Waals surface area contributed by atoms with Crippen LogP contribution in [0.25, 0.3) is 0 Å². The topological polar surface area (TPSA) is 0 Å². The molecule has 0 aliphatic rings. The quantitative estimate of drug-likeness (QED) is 0.379. The minimum atomic E-state index is -0.845. The third-order valence-corrected chi connectivity index (χ3v) is 6.17. The van der Waals surface area contributed by atoms with Crippen LogP contribution in [0, 0.1) is 5.41 Å². The van der Waals surface area contributed by atoms with Gasteiger partial charge in [0.25, 0.3) is 0 Å². The molecule has 0 saturated carbocycles. The van der Waals surface area contributed by atoms with E-state index in [1.807, 2.05) is 0 Å². The van der Waals surface area contributed by atoms with E-state index >= 15 is 0 Å². The minimum Gasteiger partial charge on any atom is -0.174 e. The van der Waals surface area contributed by atoms with E-state index in [0.717, 1.165) is 0 Å². The Labute approximate surface area is 146 Å². The van der Waals surface area contributed by atoms with E-state index in [1.54, 1.807) is 0 Å². The molecule has 0 aliphatic heterocycles. The second-order valence-electron chi connectivity index (χ2n) is 3.08. The molecule has 0 amide bonds. The molecule has 8 heteroatoms. The molecule has 0 saturated heterocycles. The van der Waals surface area contributed by atoms with Gasteiger partial charge in [-0.25, -0.2) is 0 Å². The first kappa shape index (κ1) is 18.8. The van der Waals surface area contributed by atoms with E-state index in [4.69, 9.17) is 48.9 Å². The Morgan fingerprint density at radius 1 is 0.588 bits per heavy atom. The van der Waals surface area contributed by atoms with Crippen LogP contribution in [0.5, 0.6) is 0 Å². The van der Waals surface area contributed by atoms with Crippen molar-refractivity contribution >= 4 is 119 Å². The Balaban J connectivity index is 5.88. The van der Waals surface area contributed by atoms with Crippen molar-refractivity contribution in [3.05, 3.63) is 0 Å². The first-order valence-corrected chi connectivity index (χ1v) is 8.66. The van der Waals surface area contributed by atoms with Crippen LogP contribution in [0.1, 0.15) is 0 Å². The van der Waals surface area contributed by atoms with Gasteiger partial charge in [-0.15, -0.1) is 0 Å². The van der Waals surface area contributed by atoms with Crippen LogP contribution in [-0.2, 0) is 0 Å². The van der Waals surface area contributed by atoms with Gasteiger partial charge in [-0.2, -0.15) is 50.5 Å². The van der Waals surface area contributed by atoms with Crippen LogP contribution in [0.2, 0.25) is 0 Å². The third-order valence-electron chi connectivity index (χ3n) is 2.25. The maximum absolute atomic E-state index is 5.38. The zero-order valence-electron chi connectivity index (χ0n) is 8.75. The monoisotopic (exact) mass is 376 g/mol. The second-order valence-corrected chi connectivity index (χ2v) is 6.31. The van der Waals surface area contributed by atoms with Gasteiger partial charge in [0.15, 0.2) is 0 Å². The fraction of sp³-hybridized carbons (Fsp3) is 0.556. The highest BCUT2D eigenvalue weighted by molar-refractivity contribution is 7.91. The normalized spacial score (nSPS) is 11.1. The molecule has 0 radical (unpaired) electrons. The first-order chi connectivity index (χ1) is 7.93. The Morgan fingerprint density at radius 3 is 0.882 bits per heavy atom. The average molecular weight is 377 g/mol. The summed E-state index contributed by atoms with van der Waals surface area (Å²) in [6, 6.07) is 0.